The van der Waals surface area contributed by atoms with Crippen LogP contribution in [-0.2, 0) is 16.0 Å². The number of anilines is 1. The second kappa shape index (κ2) is 11.4. The van der Waals surface area contributed by atoms with E-state index in [0.717, 1.165) is 57.1 Å². The third-order valence-corrected chi connectivity index (χ3v) is 3.07. The van der Waals surface area contributed by atoms with Crippen LogP contribution in [0.2, 0.25) is 0 Å². The van der Waals surface area contributed by atoms with E-state index < -0.39 is 0 Å². The van der Waals surface area contributed by atoms with E-state index in [2.05, 4.69) is 27.1 Å². The summed E-state index contributed by atoms with van der Waals surface area (Å²) in [6.45, 7) is 7.01. The molecule has 1 heterocycles. The molecule has 0 saturated carbocycles. The summed E-state index contributed by atoms with van der Waals surface area (Å²) < 4.78 is 10.3. The lowest BCUT2D eigenvalue weighted by Gasteiger charge is -2.23. The first kappa shape index (κ1) is 17.8. The SMILES string of the molecule is CCCNCc1cncc(N(CCCOC)CCOC)n1. The summed E-state index contributed by atoms with van der Waals surface area (Å²) in [6.07, 6.45) is 5.70. The topological polar surface area (TPSA) is 59.5 Å². The minimum atomic E-state index is 0.674. The number of methoxy groups -OCH3 is 2. The quantitative estimate of drug-likeness (QED) is 0.589. The molecule has 21 heavy (non-hydrogen) atoms. The molecule has 1 rings (SSSR count). The van der Waals surface area contributed by atoms with Gasteiger partial charge >= 0.3 is 0 Å². The minimum Gasteiger partial charge on any atom is -0.385 e. The lowest BCUT2D eigenvalue weighted by Crippen LogP contribution is -2.30. The summed E-state index contributed by atoms with van der Waals surface area (Å²) in [4.78, 5) is 11.2. The molecule has 0 aliphatic heterocycles. The van der Waals surface area contributed by atoms with Crippen molar-refractivity contribution < 1.29 is 9.47 Å². The Morgan fingerprint density at radius 3 is 2.67 bits per heavy atom. The number of hydrogen-bond donors (Lipinski definition) is 1. The van der Waals surface area contributed by atoms with E-state index in [4.69, 9.17) is 9.47 Å². The van der Waals surface area contributed by atoms with Crippen molar-refractivity contribution in [2.24, 2.45) is 0 Å². The fourth-order valence-corrected chi connectivity index (χ4v) is 1.97. The molecule has 0 spiro atoms. The van der Waals surface area contributed by atoms with Crippen LogP contribution in [0.1, 0.15) is 25.5 Å². The van der Waals surface area contributed by atoms with Crippen molar-refractivity contribution in [2.75, 3.05) is 52.0 Å². The normalized spacial score (nSPS) is 10.8. The monoisotopic (exact) mass is 296 g/mol. The zero-order valence-electron chi connectivity index (χ0n) is 13.5. The second-order valence-electron chi connectivity index (χ2n) is 4.87. The maximum absolute atomic E-state index is 5.18. The molecule has 0 unspecified atom stereocenters. The molecule has 0 amide bonds. The third kappa shape index (κ3) is 7.36. The van der Waals surface area contributed by atoms with Gasteiger partial charge in [-0.3, -0.25) is 4.98 Å². The average molecular weight is 296 g/mol. The number of nitrogens with zero attached hydrogens (tertiary/aromatic N) is 3. The zero-order chi connectivity index (χ0) is 15.3. The molecule has 0 radical (unpaired) electrons. The van der Waals surface area contributed by atoms with E-state index in [1.807, 2.05) is 12.4 Å². The Hall–Kier alpha value is -1.24. The highest BCUT2D eigenvalue weighted by Crippen LogP contribution is 2.10. The van der Waals surface area contributed by atoms with Crippen molar-refractivity contribution in [1.29, 1.82) is 0 Å². The summed E-state index contributed by atoms with van der Waals surface area (Å²) in [5.74, 6) is 0.902. The smallest absolute Gasteiger partial charge is 0.147 e. The van der Waals surface area contributed by atoms with Gasteiger partial charge < -0.3 is 19.7 Å². The highest BCUT2D eigenvalue weighted by molar-refractivity contribution is 5.36. The molecule has 1 aromatic rings. The Balaban J connectivity index is 2.63. The molecule has 0 saturated heterocycles. The number of hydrogen-bond acceptors (Lipinski definition) is 6. The lowest BCUT2D eigenvalue weighted by atomic mass is 10.3. The molecular formula is C15H28N4O2. The molecule has 0 atom stereocenters. The zero-order valence-corrected chi connectivity index (χ0v) is 13.5. The van der Waals surface area contributed by atoms with Crippen LogP contribution in [0.5, 0.6) is 0 Å². The van der Waals surface area contributed by atoms with Crippen molar-refractivity contribution in [1.82, 2.24) is 15.3 Å². The van der Waals surface area contributed by atoms with Crippen LogP contribution in [0.4, 0.5) is 5.82 Å². The van der Waals surface area contributed by atoms with Crippen LogP contribution in [0.25, 0.3) is 0 Å². The molecule has 0 bridgehead atoms. The standard InChI is InChI=1S/C15H28N4O2/c1-4-6-16-11-14-12-17-13-15(18-14)19(8-10-21-3)7-5-9-20-2/h12-13,16H,4-11H2,1-3H3. The largest absolute Gasteiger partial charge is 0.385 e. The van der Waals surface area contributed by atoms with Gasteiger partial charge in [-0.1, -0.05) is 6.92 Å². The van der Waals surface area contributed by atoms with Crippen molar-refractivity contribution in [3.63, 3.8) is 0 Å². The number of rotatable bonds is 12. The van der Waals surface area contributed by atoms with E-state index in [1.54, 1.807) is 14.2 Å². The average Bonchev–Trinajstić information content (AvgIpc) is 2.51. The van der Waals surface area contributed by atoms with Crippen molar-refractivity contribution in [3.8, 4) is 0 Å². The van der Waals surface area contributed by atoms with Gasteiger partial charge in [0.15, 0.2) is 0 Å². The van der Waals surface area contributed by atoms with Gasteiger partial charge in [0.25, 0.3) is 0 Å². The Morgan fingerprint density at radius 2 is 1.95 bits per heavy atom. The van der Waals surface area contributed by atoms with Crippen molar-refractivity contribution in [2.45, 2.75) is 26.3 Å². The van der Waals surface area contributed by atoms with Crippen LogP contribution >= 0.6 is 0 Å². The van der Waals surface area contributed by atoms with E-state index in [0.29, 0.717) is 6.61 Å². The summed E-state index contributed by atoms with van der Waals surface area (Å²) >= 11 is 0. The Bertz CT molecular complexity index is 376. The van der Waals surface area contributed by atoms with Gasteiger partial charge in [-0.25, -0.2) is 4.98 Å². The first-order chi connectivity index (χ1) is 10.3. The van der Waals surface area contributed by atoms with Crippen LogP contribution in [-0.4, -0.2) is 57.0 Å². The lowest BCUT2D eigenvalue weighted by molar-refractivity contribution is 0.191. The fourth-order valence-electron chi connectivity index (χ4n) is 1.97. The number of nitrogens with one attached hydrogen (secondary N) is 1. The Morgan fingerprint density at radius 1 is 1.14 bits per heavy atom. The Kier molecular flexibility index (Phi) is 9.69. The molecule has 6 nitrogen and oxygen atoms in total. The molecule has 120 valence electrons. The maximum atomic E-state index is 5.18. The first-order valence-electron chi connectivity index (χ1n) is 7.56. The molecule has 0 aliphatic rings. The van der Waals surface area contributed by atoms with E-state index in [-0.39, 0.29) is 0 Å². The van der Waals surface area contributed by atoms with Crippen molar-refractivity contribution in [3.05, 3.63) is 18.1 Å². The van der Waals surface area contributed by atoms with Gasteiger partial charge in [0.2, 0.25) is 0 Å². The molecule has 1 aromatic heterocycles. The minimum absolute atomic E-state index is 0.674. The molecule has 0 aromatic carbocycles. The van der Waals surface area contributed by atoms with Crippen LogP contribution in [0.3, 0.4) is 0 Å². The van der Waals surface area contributed by atoms with Crippen LogP contribution in [0, 0.1) is 0 Å². The van der Waals surface area contributed by atoms with Gasteiger partial charge in [0, 0.05) is 46.7 Å². The maximum Gasteiger partial charge on any atom is 0.147 e. The fraction of sp³-hybridized carbons (Fsp3) is 0.733. The van der Waals surface area contributed by atoms with Gasteiger partial charge in [-0.15, -0.1) is 0 Å². The van der Waals surface area contributed by atoms with Crippen LogP contribution in [0.15, 0.2) is 12.4 Å². The van der Waals surface area contributed by atoms with Crippen LogP contribution < -0.4 is 10.2 Å². The first-order valence-corrected chi connectivity index (χ1v) is 7.56. The summed E-state index contributed by atoms with van der Waals surface area (Å²) in [7, 11) is 3.43. The van der Waals surface area contributed by atoms with E-state index in [9.17, 15) is 0 Å². The molecule has 0 fully saturated rings. The Labute approximate surface area is 127 Å². The number of aromatic nitrogens is 2. The van der Waals surface area contributed by atoms with Gasteiger partial charge in [-0.05, 0) is 19.4 Å². The molecule has 0 aliphatic carbocycles. The third-order valence-electron chi connectivity index (χ3n) is 3.07. The predicted molar refractivity (Wildman–Crippen MR) is 84.6 cm³/mol. The molecule has 1 N–H and O–H groups in total. The highest BCUT2D eigenvalue weighted by Gasteiger charge is 2.09. The summed E-state index contributed by atoms with van der Waals surface area (Å²) in [5.41, 5.74) is 0.968. The number of ether oxygens (including phenoxy) is 2. The van der Waals surface area contributed by atoms with Crippen molar-refractivity contribution >= 4 is 5.82 Å². The van der Waals surface area contributed by atoms with E-state index in [1.165, 1.54) is 0 Å². The second-order valence-corrected chi connectivity index (χ2v) is 4.87. The predicted octanol–water partition coefficient (Wildman–Crippen LogP) is 1.47. The van der Waals surface area contributed by atoms with Gasteiger partial charge in [0.1, 0.15) is 5.82 Å². The molecule has 6 heteroatoms. The summed E-state index contributed by atoms with van der Waals surface area (Å²) in [6, 6.07) is 0. The highest BCUT2D eigenvalue weighted by atomic mass is 16.5. The van der Waals surface area contributed by atoms with Gasteiger partial charge in [-0.2, -0.15) is 0 Å². The van der Waals surface area contributed by atoms with E-state index >= 15 is 0 Å². The summed E-state index contributed by atoms with van der Waals surface area (Å²) in [5, 5.41) is 3.35. The molecular weight excluding hydrogens is 268 g/mol. The van der Waals surface area contributed by atoms with Gasteiger partial charge in [0.05, 0.1) is 18.5 Å².